The molecule has 2 amide bonds. The average molecular weight is 668 g/mol. The molecule has 260 valence electrons. The van der Waals surface area contributed by atoms with Gasteiger partial charge in [-0.1, -0.05) is 38.1 Å². The van der Waals surface area contributed by atoms with Gasteiger partial charge in [0.2, 0.25) is 5.91 Å². The molecule has 2 aromatic carbocycles. The maximum absolute atomic E-state index is 14.3. The van der Waals surface area contributed by atoms with E-state index in [1.165, 1.54) is 44.2 Å². The Morgan fingerprint density at radius 1 is 0.980 bits per heavy atom. The van der Waals surface area contributed by atoms with E-state index in [0.29, 0.717) is 73.1 Å². The van der Waals surface area contributed by atoms with E-state index >= 15 is 0 Å². The Bertz CT molecular complexity index is 1780. The van der Waals surface area contributed by atoms with Gasteiger partial charge >= 0.3 is 0 Å². The van der Waals surface area contributed by atoms with Crippen molar-refractivity contribution in [3.8, 4) is 11.3 Å². The number of hydrogen-bond donors (Lipinski definition) is 3. The lowest BCUT2D eigenvalue weighted by Crippen LogP contribution is -2.54. The minimum absolute atomic E-state index is 0.0303. The highest BCUT2D eigenvalue weighted by molar-refractivity contribution is 6.10. The molecule has 49 heavy (non-hydrogen) atoms. The second-order valence-electron chi connectivity index (χ2n) is 16.3. The monoisotopic (exact) mass is 667 g/mol. The van der Waals surface area contributed by atoms with Gasteiger partial charge in [0, 0.05) is 55.6 Å². The number of ether oxygens (including phenoxy) is 1. The van der Waals surface area contributed by atoms with Gasteiger partial charge in [0.1, 0.15) is 11.6 Å². The van der Waals surface area contributed by atoms with E-state index in [9.17, 15) is 18.8 Å². The number of amides is 2. The Morgan fingerprint density at radius 3 is 2.63 bits per heavy atom. The molecule has 0 radical (unpaired) electrons. The predicted octanol–water partition coefficient (Wildman–Crippen LogP) is 7.65. The molecular formula is C41H50FN3O4. The van der Waals surface area contributed by atoms with E-state index in [0.717, 1.165) is 65.3 Å². The molecule has 0 spiro atoms. The van der Waals surface area contributed by atoms with E-state index in [1.54, 1.807) is 0 Å². The molecule has 3 N–H and O–H groups in total. The number of carbonyl (C=O) groups excluding carboxylic acids is 3. The first-order chi connectivity index (χ1) is 23.6. The Kier molecular flexibility index (Phi) is 8.45. The molecule has 4 aliphatic carbocycles. The second-order valence-corrected chi connectivity index (χ2v) is 16.3. The summed E-state index contributed by atoms with van der Waals surface area (Å²) in [4.78, 5) is 40.9. The fraction of sp³-hybridized carbons (Fsp3) is 0.585. The number of H-pyrrole nitrogens is 1. The number of hydrogen-bond acceptors (Lipinski definition) is 4. The molecule has 7 nitrogen and oxygen atoms in total. The zero-order valence-corrected chi connectivity index (χ0v) is 29.0. The number of aromatic amines is 1. The molecule has 4 fully saturated rings. The number of carbonyl (C=O) groups is 3. The number of fused-ring (bicyclic) bond motifs is 5. The van der Waals surface area contributed by atoms with Crippen LogP contribution in [0.15, 0.2) is 36.4 Å². The van der Waals surface area contributed by atoms with Crippen LogP contribution in [-0.2, 0) is 27.3 Å². The summed E-state index contributed by atoms with van der Waals surface area (Å²) >= 11 is 0. The van der Waals surface area contributed by atoms with Crippen LogP contribution >= 0.6 is 0 Å². The van der Waals surface area contributed by atoms with Crippen LogP contribution in [-0.4, -0.2) is 41.8 Å². The minimum atomic E-state index is -0.438. The Morgan fingerprint density at radius 2 is 1.80 bits per heavy atom. The van der Waals surface area contributed by atoms with Gasteiger partial charge in [-0.2, -0.15) is 0 Å². The fourth-order valence-corrected chi connectivity index (χ4v) is 11.2. The Balaban J connectivity index is 0.819. The summed E-state index contributed by atoms with van der Waals surface area (Å²) in [5.41, 5.74) is 5.43. The molecule has 8 rings (SSSR count). The summed E-state index contributed by atoms with van der Waals surface area (Å²) in [6, 6.07) is 10.8. The molecule has 8 heteroatoms. The van der Waals surface area contributed by atoms with E-state index in [1.807, 2.05) is 24.3 Å². The summed E-state index contributed by atoms with van der Waals surface area (Å²) in [6.07, 6.45) is 12.1. The lowest BCUT2D eigenvalue weighted by Gasteiger charge is -2.60. The normalized spacial score (nSPS) is 32.2. The van der Waals surface area contributed by atoms with Gasteiger partial charge in [-0.25, -0.2) is 4.39 Å². The Labute approximate surface area is 288 Å². The lowest BCUT2D eigenvalue weighted by atomic mass is 9.45. The average Bonchev–Trinajstić information content (AvgIpc) is 3.57. The molecule has 5 aliphatic rings. The van der Waals surface area contributed by atoms with Crippen LogP contribution in [0.1, 0.15) is 106 Å². The first kappa shape index (κ1) is 32.7. The van der Waals surface area contributed by atoms with Crippen molar-refractivity contribution in [3.63, 3.8) is 0 Å². The van der Waals surface area contributed by atoms with Gasteiger partial charge in [0.25, 0.3) is 5.91 Å². The third kappa shape index (κ3) is 5.72. The molecule has 7 atom stereocenters. The molecule has 2 heterocycles. The summed E-state index contributed by atoms with van der Waals surface area (Å²) in [5.74, 6) is 2.66. The quantitative estimate of drug-likeness (QED) is 0.215. The number of Topliss-reactive ketones (excluding diaryl/α,β-unsaturated/α-hetero) is 1. The highest BCUT2D eigenvalue weighted by Crippen LogP contribution is 2.66. The van der Waals surface area contributed by atoms with E-state index in [2.05, 4.69) is 29.5 Å². The molecule has 0 unspecified atom stereocenters. The van der Waals surface area contributed by atoms with E-state index in [4.69, 9.17) is 4.74 Å². The molecule has 0 bridgehead atoms. The largest absolute Gasteiger partial charge is 0.378 e. The van der Waals surface area contributed by atoms with Crippen molar-refractivity contribution >= 4 is 28.5 Å². The maximum Gasteiger partial charge on any atom is 0.252 e. The molecule has 4 saturated carbocycles. The van der Waals surface area contributed by atoms with Crippen LogP contribution in [0.3, 0.4) is 0 Å². The van der Waals surface area contributed by atoms with Crippen LogP contribution in [0.25, 0.3) is 22.2 Å². The van der Waals surface area contributed by atoms with Crippen molar-refractivity contribution in [1.29, 1.82) is 0 Å². The van der Waals surface area contributed by atoms with Crippen LogP contribution in [0.2, 0.25) is 0 Å². The maximum atomic E-state index is 14.3. The summed E-state index contributed by atoms with van der Waals surface area (Å²) < 4.78 is 20.8. The minimum Gasteiger partial charge on any atom is -0.378 e. The zero-order chi connectivity index (χ0) is 33.9. The summed E-state index contributed by atoms with van der Waals surface area (Å²) in [6.45, 7) is 6.55. The Hall–Kier alpha value is -3.52. The van der Waals surface area contributed by atoms with Crippen molar-refractivity contribution < 1.29 is 23.5 Å². The zero-order valence-electron chi connectivity index (χ0n) is 29.0. The van der Waals surface area contributed by atoms with Gasteiger partial charge in [-0.15, -0.1) is 0 Å². The number of ketones is 1. The molecule has 0 saturated heterocycles. The highest BCUT2D eigenvalue weighted by atomic mass is 19.1. The van der Waals surface area contributed by atoms with Crippen LogP contribution < -0.4 is 10.6 Å². The number of rotatable bonds is 8. The third-order valence-electron chi connectivity index (χ3n) is 13.9. The van der Waals surface area contributed by atoms with Crippen LogP contribution in [0, 0.1) is 40.3 Å². The van der Waals surface area contributed by atoms with Gasteiger partial charge in [-0.05, 0) is 121 Å². The van der Waals surface area contributed by atoms with Crippen molar-refractivity contribution in [1.82, 2.24) is 15.6 Å². The number of benzene rings is 2. The number of aromatic nitrogens is 1. The van der Waals surface area contributed by atoms with Crippen LogP contribution in [0.4, 0.5) is 4.39 Å². The smallest absolute Gasteiger partial charge is 0.252 e. The van der Waals surface area contributed by atoms with Crippen molar-refractivity contribution in [2.24, 2.45) is 34.5 Å². The fourth-order valence-electron chi connectivity index (χ4n) is 11.2. The SMILES string of the molecule is C[C@]12CCC(=O)C[C@@H]1CC[C@@H]1[C@@H]2CC[C@]2(C)[C@@H](OCCCC(=O)NCc3ccc(-c4[nH]c5cc(F)cc6c5c4CCNC6=O)cc3)CC[C@@H]12. The third-order valence-corrected chi connectivity index (χ3v) is 13.9. The molecule has 3 aromatic rings. The van der Waals surface area contributed by atoms with Crippen molar-refractivity contribution in [3.05, 3.63) is 58.9 Å². The van der Waals surface area contributed by atoms with Gasteiger partial charge in [0.15, 0.2) is 0 Å². The molecular weight excluding hydrogens is 617 g/mol. The van der Waals surface area contributed by atoms with E-state index in [-0.39, 0.29) is 23.3 Å². The van der Waals surface area contributed by atoms with Gasteiger partial charge in [0.05, 0.1) is 11.7 Å². The van der Waals surface area contributed by atoms with Gasteiger partial charge in [-0.3, -0.25) is 14.4 Å². The van der Waals surface area contributed by atoms with Crippen molar-refractivity contribution in [2.75, 3.05) is 13.2 Å². The molecule has 1 aromatic heterocycles. The standard InChI is InChI=1S/C41H50FN3O4/c1-40-16-13-28(46)20-26(40)9-10-29-32-11-12-35(41(32,2)17-14-33(29)40)49-19-3-4-36(47)44-23-24-5-7-25(8-6-24)38-30-15-18-43-39(48)31-21-27(42)22-34(45-38)37(30)31/h5-8,21-22,26,29,32-33,35,45H,3-4,9-20,23H2,1-2H3,(H,43,48)(H,44,47)/t26-,29-,32-,33-,35-,40-,41-/m0/s1. The predicted molar refractivity (Wildman–Crippen MR) is 187 cm³/mol. The lowest BCUT2D eigenvalue weighted by molar-refractivity contribution is -0.145. The number of nitrogens with one attached hydrogen (secondary N) is 3. The van der Waals surface area contributed by atoms with Gasteiger partial charge < -0.3 is 20.4 Å². The molecule has 1 aliphatic heterocycles. The first-order valence-corrected chi connectivity index (χ1v) is 18.8. The number of halogens is 1. The van der Waals surface area contributed by atoms with Crippen LogP contribution in [0.5, 0.6) is 0 Å². The second kappa shape index (κ2) is 12.7. The summed E-state index contributed by atoms with van der Waals surface area (Å²) in [5, 5.41) is 6.73. The topological polar surface area (TPSA) is 100 Å². The highest BCUT2D eigenvalue weighted by Gasteiger charge is 2.60. The summed E-state index contributed by atoms with van der Waals surface area (Å²) in [7, 11) is 0. The van der Waals surface area contributed by atoms with Crippen molar-refractivity contribution in [2.45, 2.75) is 104 Å². The van der Waals surface area contributed by atoms with E-state index < -0.39 is 5.82 Å². The first-order valence-electron chi connectivity index (χ1n) is 18.8.